The normalized spacial score (nSPS) is 15.2. The molecule has 0 aliphatic carbocycles. The van der Waals surface area contributed by atoms with Gasteiger partial charge in [-0.2, -0.15) is 4.99 Å². The first kappa shape index (κ1) is 19.1. The standard InChI is InChI=1S/C20H18BF2N3S/c1-12-9-14(3)25-19(12)18(16-5-7-17(8-6-16)24-11-27)20-13(2)10-15(4)26(20)21(22)23/h5-10H,1-4H3/b19-18-. The van der Waals surface area contributed by atoms with Crippen molar-refractivity contribution in [2.45, 2.75) is 27.7 Å². The molecule has 27 heavy (non-hydrogen) atoms. The Labute approximate surface area is 163 Å². The van der Waals surface area contributed by atoms with Gasteiger partial charge >= 0.3 is 7.40 Å². The van der Waals surface area contributed by atoms with E-state index < -0.39 is 7.40 Å². The lowest BCUT2D eigenvalue weighted by molar-refractivity contribution is 0.624. The van der Waals surface area contributed by atoms with Gasteiger partial charge in [0, 0.05) is 22.7 Å². The van der Waals surface area contributed by atoms with Gasteiger partial charge < -0.3 is 4.48 Å². The summed E-state index contributed by atoms with van der Waals surface area (Å²) in [4.78, 5) is 8.58. The van der Waals surface area contributed by atoms with Crippen LogP contribution >= 0.6 is 12.2 Å². The molecule has 0 atom stereocenters. The Morgan fingerprint density at radius 3 is 2.33 bits per heavy atom. The van der Waals surface area contributed by atoms with Crippen molar-refractivity contribution in [2.24, 2.45) is 9.98 Å². The average Bonchev–Trinajstić information content (AvgIpc) is 3.08. The summed E-state index contributed by atoms with van der Waals surface area (Å²) in [5.74, 6) is 0. The van der Waals surface area contributed by atoms with Crippen molar-refractivity contribution in [3.05, 3.63) is 70.2 Å². The molecule has 1 aliphatic rings. The molecule has 0 bridgehead atoms. The molecule has 1 aromatic heterocycles. The summed E-state index contributed by atoms with van der Waals surface area (Å²) in [6, 6.07) is 9.05. The maximum absolute atomic E-state index is 13.9. The lowest BCUT2D eigenvalue weighted by Gasteiger charge is -2.16. The first-order valence-electron chi connectivity index (χ1n) is 8.47. The van der Waals surface area contributed by atoms with Crippen LogP contribution in [0.25, 0.3) is 5.57 Å². The molecule has 2 heterocycles. The van der Waals surface area contributed by atoms with Gasteiger partial charge in [-0.25, -0.2) is 0 Å². The largest absolute Gasteiger partial charge is 0.677 e. The molecule has 0 N–H and O–H groups in total. The Kier molecular flexibility index (Phi) is 5.35. The lowest BCUT2D eigenvalue weighted by atomic mass is 9.94. The van der Waals surface area contributed by atoms with Crippen LogP contribution in [0.1, 0.15) is 36.4 Å². The van der Waals surface area contributed by atoms with Gasteiger partial charge in [0.2, 0.25) is 0 Å². The minimum Gasteiger partial charge on any atom is -0.329 e. The van der Waals surface area contributed by atoms with Crippen molar-refractivity contribution in [2.75, 3.05) is 0 Å². The molecule has 3 rings (SSSR count). The topological polar surface area (TPSA) is 29.6 Å². The van der Waals surface area contributed by atoms with E-state index in [1.54, 1.807) is 25.1 Å². The maximum atomic E-state index is 13.9. The minimum atomic E-state index is -2.64. The van der Waals surface area contributed by atoms with Crippen molar-refractivity contribution in [3.8, 4) is 0 Å². The molecular formula is C20H18BF2N3S. The SMILES string of the molecule is CC1=CC(C)=N/C1=C(/c1ccc(N=C=S)cc1)c1c(C)cc(C)n1B(F)F. The fourth-order valence-electron chi connectivity index (χ4n) is 3.46. The summed E-state index contributed by atoms with van der Waals surface area (Å²) >= 11 is 4.64. The van der Waals surface area contributed by atoms with Gasteiger partial charge in [-0.15, -0.1) is 0 Å². The van der Waals surface area contributed by atoms with Crippen LogP contribution in [0, 0.1) is 13.8 Å². The van der Waals surface area contributed by atoms with E-state index in [-0.39, 0.29) is 0 Å². The number of thiocarbonyl (C=S) groups is 1. The zero-order valence-corrected chi connectivity index (χ0v) is 16.4. The highest BCUT2D eigenvalue weighted by Crippen LogP contribution is 2.37. The zero-order chi connectivity index (χ0) is 19.7. The van der Waals surface area contributed by atoms with E-state index in [0.717, 1.165) is 26.9 Å². The highest BCUT2D eigenvalue weighted by molar-refractivity contribution is 7.78. The second kappa shape index (κ2) is 7.55. The minimum absolute atomic E-state index is 0.481. The number of hydrogen-bond donors (Lipinski definition) is 0. The molecule has 1 aromatic carbocycles. The van der Waals surface area contributed by atoms with Crippen molar-refractivity contribution in [3.63, 3.8) is 0 Å². The molecule has 136 valence electrons. The van der Waals surface area contributed by atoms with Crippen LogP contribution in [0.15, 0.2) is 57.7 Å². The maximum Gasteiger partial charge on any atom is 0.677 e. The Hall–Kier alpha value is -2.63. The molecule has 0 amide bonds. The predicted octanol–water partition coefficient (Wildman–Crippen LogP) is 5.79. The zero-order valence-electron chi connectivity index (χ0n) is 15.5. The van der Waals surface area contributed by atoms with Gasteiger partial charge in [-0.05, 0) is 80.9 Å². The third kappa shape index (κ3) is 3.61. The van der Waals surface area contributed by atoms with Crippen LogP contribution < -0.4 is 0 Å². The Balaban J connectivity index is 2.34. The molecule has 3 nitrogen and oxygen atoms in total. The van der Waals surface area contributed by atoms with Crippen LogP contribution in [-0.2, 0) is 0 Å². The summed E-state index contributed by atoms with van der Waals surface area (Å²) < 4.78 is 28.8. The fourth-order valence-corrected chi connectivity index (χ4v) is 3.56. The molecular weight excluding hydrogens is 363 g/mol. The number of nitrogens with zero attached hydrogens (tertiary/aromatic N) is 3. The first-order chi connectivity index (χ1) is 12.8. The molecule has 1 aliphatic heterocycles. The van der Waals surface area contributed by atoms with Crippen LogP contribution in [0.5, 0.6) is 0 Å². The van der Waals surface area contributed by atoms with E-state index in [4.69, 9.17) is 0 Å². The van der Waals surface area contributed by atoms with E-state index in [1.165, 1.54) is 0 Å². The Bertz CT molecular complexity index is 1040. The van der Waals surface area contributed by atoms with Crippen molar-refractivity contribution in [1.29, 1.82) is 0 Å². The first-order valence-corrected chi connectivity index (χ1v) is 8.87. The molecule has 0 radical (unpaired) electrons. The second-order valence-electron chi connectivity index (χ2n) is 6.52. The van der Waals surface area contributed by atoms with Gasteiger partial charge in [-0.1, -0.05) is 12.1 Å². The van der Waals surface area contributed by atoms with Gasteiger partial charge in [0.1, 0.15) is 0 Å². The molecule has 0 unspecified atom stereocenters. The molecule has 2 aromatic rings. The van der Waals surface area contributed by atoms with Crippen molar-refractivity contribution >= 4 is 41.8 Å². The number of isothiocyanates is 1. The highest BCUT2D eigenvalue weighted by atomic mass is 32.1. The van der Waals surface area contributed by atoms with Gasteiger partial charge in [-0.3, -0.25) is 13.6 Å². The summed E-state index contributed by atoms with van der Waals surface area (Å²) in [7, 11) is -2.64. The molecule has 0 saturated carbocycles. The Morgan fingerprint density at radius 2 is 1.81 bits per heavy atom. The van der Waals surface area contributed by atoms with Crippen molar-refractivity contribution < 1.29 is 8.63 Å². The van der Waals surface area contributed by atoms with E-state index in [2.05, 4.69) is 27.4 Å². The van der Waals surface area contributed by atoms with Gasteiger partial charge in [0.15, 0.2) is 0 Å². The number of allylic oxidation sites excluding steroid dienone is 2. The van der Waals surface area contributed by atoms with Crippen molar-refractivity contribution in [1.82, 2.24) is 4.48 Å². The predicted molar refractivity (Wildman–Crippen MR) is 111 cm³/mol. The molecule has 0 fully saturated rings. The summed E-state index contributed by atoms with van der Waals surface area (Å²) in [6.07, 6.45) is 1.96. The summed E-state index contributed by atoms with van der Waals surface area (Å²) in [5.41, 5.74) is 6.42. The Morgan fingerprint density at radius 1 is 1.15 bits per heavy atom. The van der Waals surface area contributed by atoms with E-state index >= 15 is 0 Å². The lowest BCUT2D eigenvalue weighted by Crippen LogP contribution is -2.18. The number of aliphatic imine (C=N–C) groups is 2. The van der Waals surface area contributed by atoms with Crippen LogP contribution in [0.2, 0.25) is 0 Å². The highest BCUT2D eigenvalue weighted by Gasteiger charge is 2.29. The third-order valence-electron chi connectivity index (χ3n) is 4.51. The molecule has 7 heteroatoms. The van der Waals surface area contributed by atoms with Gasteiger partial charge in [0.25, 0.3) is 0 Å². The average molecular weight is 381 g/mol. The smallest absolute Gasteiger partial charge is 0.329 e. The third-order valence-corrected chi connectivity index (χ3v) is 4.60. The van der Waals surface area contributed by atoms with Crippen LogP contribution in [0.3, 0.4) is 0 Å². The van der Waals surface area contributed by atoms with Gasteiger partial charge in [0.05, 0.1) is 16.5 Å². The van der Waals surface area contributed by atoms with E-state index in [9.17, 15) is 8.63 Å². The number of hydrogen-bond acceptors (Lipinski definition) is 3. The number of benzene rings is 1. The fraction of sp³-hybridized carbons (Fsp3) is 0.200. The van der Waals surface area contributed by atoms with E-state index in [0.29, 0.717) is 28.3 Å². The van der Waals surface area contributed by atoms with Crippen LogP contribution in [-0.4, -0.2) is 22.8 Å². The monoisotopic (exact) mass is 381 g/mol. The van der Waals surface area contributed by atoms with Crippen LogP contribution in [0.4, 0.5) is 14.3 Å². The second-order valence-corrected chi connectivity index (χ2v) is 6.70. The summed E-state index contributed by atoms with van der Waals surface area (Å²) in [6.45, 7) is 7.37. The molecule has 0 spiro atoms. The molecule has 0 saturated heterocycles. The number of aryl methyl sites for hydroxylation is 2. The summed E-state index contributed by atoms with van der Waals surface area (Å²) in [5, 5.41) is 2.33. The quantitative estimate of drug-likeness (QED) is 0.374. The number of halogens is 2. The number of rotatable bonds is 4. The number of aromatic nitrogens is 1. The van der Waals surface area contributed by atoms with E-state index in [1.807, 2.05) is 39.0 Å².